The number of nitrogens with two attached hydrogens (primary N) is 1. The summed E-state index contributed by atoms with van der Waals surface area (Å²) in [5.41, 5.74) is 10.9. The van der Waals surface area contributed by atoms with Gasteiger partial charge >= 0.3 is 6.09 Å². The first-order valence-corrected chi connectivity index (χ1v) is 10.7. The van der Waals surface area contributed by atoms with E-state index in [0.717, 1.165) is 47.8 Å². The second-order valence-corrected chi connectivity index (χ2v) is 8.57. The number of carbonyl (C=O) groups excluding carboxylic acids is 1. The number of aromatic nitrogens is 1. The van der Waals surface area contributed by atoms with Gasteiger partial charge < -0.3 is 20.1 Å². The minimum absolute atomic E-state index is 0.0429. The Kier molecular flexibility index (Phi) is 4.57. The fourth-order valence-electron chi connectivity index (χ4n) is 4.34. The number of fused-ring (bicyclic) bond motifs is 1. The maximum absolute atomic E-state index is 12.1. The number of nitrogen functional groups attached to an aromatic ring is 1. The van der Waals surface area contributed by atoms with E-state index in [4.69, 9.17) is 10.5 Å². The van der Waals surface area contributed by atoms with Crippen molar-refractivity contribution in [2.75, 3.05) is 11.1 Å². The van der Waals surface area contributed by atoms with Crippen LogP contribution >= 0.6 is 0 Å². The molecular formula is C24H27N3O3. The van der Waals surface area contributed by atoms with Gasteiger partial charge in [-0.15, -0.1) is 0 Å². The molecule has 2 aromatic carbocycles. The number of nitrogens with zero attached hydrogens (tertiary/aromatic N) is 1. The standard InChI is InChI=1S/C24H27N3O3/c1-14(15-5-6-15)30-24(29)26-17-9-7-16(8-10-17)23-22(25)20-13-19(28)11-12-21(20)27(23)18-3-2-4-18/h7-15,18,28H,2-6,25H2,1H3,(H,26,29). The molecule has 6 nitrogen and oxygen atoms in total. The van der Waals surface area contributed by atoms with Crippen molar-refractivity contribution >= 4 is 28.4 Å². The molecule has 1 amide bonds. The van der Waals surface area contributed by atoms with E-state index < -0.39 is 6.09 Å². The smallest absolute Gasteiger partial charge is 0.411 e. The lowest BCUT2D eigenvalue weighted by Crippen LogP contribution is -2.21. The quantitative estimate of drug-likeness (QED) is 0.510. The maximum atomic E-state index is 12.1. The van der Waals surface area contributed by atoms with Crippen molar-refractivity contribution in [2.24, 2.45) is 5.92 Å². The molecule has 2 aliphatic rings. The van der Waals surface area contributed by atoms with Crippen molar-refractivity contribution in [2.45, 2.75) is 51.2 Å². The third kappa shape index (κ3) is 3.36. The van der Waals surface area contributed by atoms with Gasteiger partial charge in [0.1, 0.15) is 11.9 Å². The molecule has 2 fully saturated rings. The van der Waals surface area contributed by atoms with Gasteiger partial charge in [-0.05, 0) is 75.3 Å². The highest BCUT2D eigenvalue weighted by Crippen LogP contribution is 2.44. The average Bonchev–Trinajstić information content (AvgIpc) is 3.49. The minimum atomic E-state index is -0.416. The van der Waals surface area contributed by atoms with E-state index in [1.54, 1.807) is 12.1 Å². The van der Waals surface area contributed by atoms with Crippen LogP contribution in [0.5, 0.6) is 5.75 Å². The molecule has 3 aromatic rings. The average molecular weight is 405 g/mol. The molecule has 2 saturated carbocycles. The molecule has 0 spiro atoms. The monoisotopic (exact) mass is 405 g/mol. The summed E-state index contributed by atoms with van der Waals surface area (Å²) in [6.07, 6.45) is 5.28. The summed E-state index contributed by atoms with van der Waals surface area (Å²) >= 11 is 0. The molecule has 1 heterocycles. The third-order valence-corrected chi connectivity index (χ3v) is 6.45. The van der Waals surface area contributed by atoms with Crippen molar-refractivity contribution in [1.29, 1.82) is 0 Å². The number of carbonyl (C=O) groups is 1. The maximum Gasteiger partial charge on any atom is 0.411 e. The van der Waals surface area contributed by atoms with E-state index in [1.165, 1.54) is 6.42 Å². The van der Waals surface area contributed by atoms with Crippen molar-refractivity contribution in [3.8, 4) is 17.0 Å². The lowest BCUT2D eigenvalue weighted by atomic mass is 9.92. The van der Waals surface area contributed by atoms with E-state index in [-0.39, 0.29) is 11.9 Å². The Balaban J connectivity index is 1.44. The topological polar surface area (TPSA) is 89.5 Å². The highest BCUT2D eigenvalue weighted by molar-refractivity contribution is 6.02. The van der Waals surface area contributed by atoms with Gasteiger partial charge in [0.25, 0.3) is 0 Å². The number of amides is 1. The summed E-state index contributed by atoms with van der Waals surface area (Å²) in [4.78, 5) is 12.1. The number of benzene rings is 2. The number of anilines is 2. The van der Waals surface area contributed by atoms with E-state index in [9.17, 15) is 9.90 Å². The number of nitrogens with one attached hydrogen (secondary N) is 1. The molecule has 0 saturated heterocycles. The van der Waals surface area contributed by atoms with Crippen LogP contribution in [0.15, 0.2) is 42.5 Å². The predicted octanol–water partition coefficient (Wildman–Crippen LogP) is 5.67. The van der Waals surface area contributed by atoms with Crippen LogP contribution in [0, 0.1) is 5.92 Å². The van der Waals surface area contributed by atoms with Gasteiger partial charge in [0, 0.05) is 22.7 Å². The zero-order chi connectivity index (χ0) is 20.8. The largest absolute Gasteiger partial charge is 0.508 e. The number of ether oxygens (including phenoxy) is 1. The first-order valence-electron chi connectivity index (χ1n) is 10.7. The van der Waals surface area contributed by atoms with Crippen LogP contribution in [0.25, 0.3) is 22.2 Å². The summed E-state index contributed by atoms with van der Waals surface area (Å²) in [6, 6.07) is 13.5. The minimum Gasteiger partial charge on any atom is -0.508 e. The van der Waals surface area contributed by atoms with Crippen molar-refractivity contribution in [3.05, 3.63) is 42.5 Å². The molecule has 1 atom stereocenters. The number of phenols is 1. The van der Waals surface area contributed by atoms with Gasteiger partial charge in [0.2, 0.25) is 0 Å². The molecule has 4 N–H and O–H groups in total. The lowest BCUT2D eigenvalue weighted by molar-refractivity contribution is 0.108. The number of rotatable bonds is 5. The molecular weight excluding hydrogens is 378 g/mol. The van der Waals surface area contributed by atoms with Crippen LogP contribution in [0.4, 0.5) is 16.2 Å². The summed E-state index contributed by atoms with van der Waals surface area (Å²) in [6.45, 7) is 1.94. The zero-order valence-electron chi connectivity index (χ0n) is 17.1. The number of hydrogen-bond acceptors (Lipinski definition) is 4. The Morgan fingerprint density at radius 3 is 2.53 bits per heavy atom. The van der Waals surface area contributed by atoms with Gasteiger partial charge in [-0.25, -0.2) is 4.79 Å². The Morgan fingerprint density at radius 1 is 1.17 bits per heavy atom. The van der Waals surface area contributed by atoms with Gasteiger partial charge in [0.15, 0.2) is 0 Å². The molecule has 1 aromatic heterocycles. The molecule has 30 heavy (non-hydrogen) atoms. The zero-order valence-corrected chi connectivity index (χ0v) is 17.1. The molecule has 6 heteroatoms. The highest BCUT2D eigenvalue weighted by Gasteiger charge is 2.31. The van der Waals surface area contributed by atoms with E-state index >= 15 is 0 Å². The fraction of sp³-hybridized carbons (Fsp3) is 0.375. The normalized spacial score (nSPS) is 17.5. The van der Waals surface area contributed by atoms with Gasteiger partial charge in [-0.2, -0.15) is 0 Å². The van der Waals surface area contributed by atoms with Crippen molar-refractivity contribution < 1.29 is 14.6 Å². The van der Waals surface area contributed by atoms with Crippen molar-refractivity contribution in [3.63, 3.8) is 0 Å². The Hall–Kier alpha value is -3.15. The Labute approximate surface area is 175 Å². The van der Waals surface area contributed by atoms with Gasteiger partial charge in [-0.1, -0.05) is 12.1 Å². The number of phenolic OH excluding ortho intramolecular Hbond substituents is 1. The fourth-order valence-corrected chi connectivity index (χ4v) is 4.34. The molecule has 0 radical (unpaired) electrons. The van der Waals surface area contributed by atoms with Crippen LogP contribution in [-0.4, -0.2) is 21.9 Å². The third-order valence-electron chi connectivity index (χ3n) is 6.45. The predicted molar refractivity (Wildman–Crippen MR) is 119 cm³/mol. The molecule has 0 aliphatic heterocycles. The lowest BCUT2D eigenvalue weighted by Gasteiger charge is -2.30. The Bertz CT molecular complexity index is 1100. The van der Waals surface area contributed by atoms with E-state index in [2.05, 4.69) is 9.88 Å². The number of hydrogen-bond donors (Lipinski definition) is 3. The molecule has 2 aliphatic carbocycles. The summed E-state index contributed by atoms with van der Waals surface area (Å²) < 4.78 is 7.75. The van der Waals surface area contributed by atoms with Crippen LogP contribution in [0.2, 0.25) is 0 Å². The Morgan fingerprint density at radius 2 is 1.90 bits per heavy atom. The van der Waals surface area contributed by atoms with Crippen LogP contribution < -0.4 is 11.1 Å². The van der Waals surface area contributed by atoms with Crippen LogP contribution in [0.3, 0.4) is 0 Å². The van der Waals surface area contributed by atoms with Gasteiger partial charge in [-0.3, -0.25) is 5.32 Å². The second kappa shape index (κ2) is 7.27. The first kappa shape index (κ1) is 18.9. The molecule has 0 bridgehead atoms. The molecule has 156 valence electrons. The van der Waals surface area contributed by atoms with Crippen LogP contribution in [0.1, 0.15) is 45.1 Å². The highest BCUT2D eigenvalue weighted by atomic mass is 16.6. The van der Waals surface area contributed by atoms with E-state index in [1.807, 2.05) is 37.3 Å². The molecule has 5 rings (SSSR count). The summed E-state index contributed by atoms with van der Waals surface area (Å²) in [7, 11) is 0. The molecule has 1 unspecified atom stereocenters. The SMILES string of the molecule is CC(OC(=O)Nc1ccc(-c2c(N)c3cc(O)ccc3n2C2CCC2)cc1)C1CC1. The summed E-state index contributed by atoms with van der Waals surface area (Å²) in [5.74, 6) is 0.721. The second-order valence-electron chi connectivity index (χ2n) is 8.57. The van der Waals surface area contributed by atoms with Crippen molar-refractivity contribution in [1.82, 2.24) is 4.57 Å². The van der Waals surface area contributed by atoms with Gasteiger partial charge in [0.05, 0.1) is 16.9 Å². The summed E-state index contributed by atoms with van der Waals surface area (Å²) in [5, 5.41) is 13.6. The van der Waals surface area contributed by atoms with Crippen LogP contribution in [-0.2, 0) is 4.74 Å². The van der Waals surface area contributed by atoms with E-state index in [0.29, 0.717) is 23.3 Å². The number of aromatic hydroxyl groups is 1. The first-order chi connectivity index (χ1) is 14.5.